The zero-order valence-electron chi connectivity index (χ0n) is 15.4. The molecule has 1 amide bonds. The number of ether oxygens (including phenoxy) is 2. The Labute approximate surface area is 159 Å². The third-order valence-electron chi connectivity index (χ3n) is 3.67. The van der Waals surface area contributed by atoms with Crippen molar-refractivity contribution in [3.8, 4) is 5.75 Å². The van der Waals surface area contributed by atoms with Gasteiger partial charge in [0, 0.05) is 20.3 Å². The van der Waals surface area contributed by atoms with Crippen molar-refractivity contribution in [2.45, 2.75) is 18.2 Å². The molecule has 2 aromatic carbocycles. The van der Waals surface area contributed by atoms with E-state index in [0.29, 0.717) is 31.9 Å². The van der Waals surface area contributed by atoms with Crippen LogP contribution >= 0.6 is 0 Å². The van der Waals surface area contributed by atoms with Crippen molar-refractivity contribution >= 4 is 21.6 Å². The van der Waals surface area contributed by atoms with Gasteiger partial charge in [0.15, 0.2) is 0 Å². The highest BCUT2D eigenvalue weighted by Crippen LogP contribution is 2.22. The van der Waals surface area contributed by atoms with Crippen LogP contribution in [0.2, 0.25) is 0 Å². The first kappa shape index (κ1) is 20.7. The predicted octanol–water partition coefficient (Wildman–Crippen LogP) is 2.65. The number of carbonyl (C=O) groups is 1. The van der Waals surface area contributed by atoms with Crippen LogP contribution in [0.3, 0.4) is 0 Å². The summed E-state index contributed by atoms with van der Waals surface area (Å²) in [6.45, 7) is 3.32. The van der Waals surface area contributed by atoms with Gasteiger partial charge in [-0.25, -0.2) is 8.42 Å². The standard InChI is InChI=1S/C19H24N2O5S/c1-3-26-15-9-11-16(12-10-15)27(23,24)21-18-8-5-4-7-17(18)19(22)20-13-6-14-25-2/h4-5,7-12,21H,3,6,13-14H2,1-2H3,(H,20,22). The predicted molar refractivity (Wildman–Crippen MR) is 104 cm³/mol. The molecule has 0 aliphatic heterocycles. The average Bonchev–Trinajstić information content (AvgIpc) is 2.66. The van der Waals surface area contributed by atoms with Gasteiger partial charge in [0.2, 0.25) is 0 Å². The van der Waals surface area contributed by atoms with Crippen LogP contribution in [-0.2, 0) is 14.8 Å². The molecular weight excluding hydrogens is 368 g/mol. The van der Waals surface area contributed by atoms with Crippen molar-refractivity contribution in [2.24, 2.45) is 0 Å². The first-order valence-corrected chi connectivity index (χ1v) is 10.1. The van der Waals surface area contributed by atoms with Crippen LogP contribution in [0.25, 0.3) is 0 Å². The Hall–Kier alpha value is -2.58. The smallest absolute Gasteiger partial charge is 0.261 e. The van der Waals surface area contributed by atoms with Gasteiger partial charge >= 0.3 is 0 Å². The molecule has 0 atom stereocenters. The van der Waals surface area contributed by atoms with Crippen molar-refractivity contribution in [1.29, 1.82) is 0 Å². The molecule has 2 N–H and O–H groups in total. The van der Waals surface area contributed by atoms with Crippen LogP contribution < -0.4 is 14.8 Å². The topological polar surface area (TPSA) is 93.7 Å². The first-order valence-electron chi connectivity index (χ1n) is 8.59. The number of amides is 1. The van der Waals surface area contributed by atoms with Gasteiger partial charge in [0.1, 0.15) is 5.75 Å². The molecule has 27 heavy (non-hydrogen) atoms. The fourth-order valence-electron chi connectivity index (χ4n) is 2.37. The molecular formula is C19H24N2O5S. The van der Waals surface area contributed by atoms with E-state index >= 15 is 0 Å². The van der Waals surface area contributed by atoms with Crippen LogP contribution in [-0.4, -0.2) is 41.2 Å². The first-order chi connectivity index (χ1) is 13.0. The Kier molecular flexibility index (Phi) is 7.63. The number of nitrogens with one attached hydrogen (secondary N) is 2. The maximum absolute atomic E-state index is 12.6. The van der Waals surface area contributed by atoms with Crippen molar-refractivity contribution < 1.29 is 22.7 Å². The lowest BCUT2D eigenvalue weighted by Crippen LogP contribution is -2.26. The Balaban J connectivity index is 2.15. The number of hydrogen-bond acceptors (Lipinski definition) is 5. The minimum Gasteiger partial charge on any atom is -0.494 e. The van der Waals surface area contributed by atoms with E-state index in [4.69, 9.17) is 9.47 Å². The molecule has 0 heterocycles. The summed E-state index contributed by atoms with van der Waals surface area (Å²) in [5.74, 6) is 0.239. The van der Waals surface area contributed by atoms with E-state index in [0.717, 1.165) is 0 Å². The molecule has 0 fully saturated rings. The number of methoxy groups -OCH3 is 1. The van der Waals surface area contributed by atoms with Gasteiger partial charge < -0.3 is 14.8 Å². The third kappa shape index (κ3) is 5.97. The molecule has 146 valence electrons. The number of para-hydroxylation sites is 1. The summed E-state index contributed by atoms with van der Waals surface area (Å²) in [6, 6.07) is 12.6. The quantitative estimate of drug-likeness (QED) is 0.606. The van der Waals surface area contributed by atoms with Crippen molar-refractivity contribution in [3.63, 3.8) is 0 Å². The zero-order valence-corrected chi connectivity index (χ0v) is 16.2. The summed E-state index contributed by atoms with van der Waals surface area (Å²) in [5, 5.41) is 2.75. The Morgan fingerprint density at radius 1 is 1.07 bits per heavy atom. The molecule has 2 rings (SSSR count). The number of sulfonamides is 1. The SMILES string of the molecule is CCOc1ccc(S(=O)(=O)Nc2ccccc2C(=O)NCCCOC)cc1. The van der Waals surface area contributed by atoms with E-state index in [2.05, 4.69) is 10.0 Å². The van der Waals surface area contributed by atoms with Gasteiger partial charge in [-0.1, -0.05) is 12.1 Å². The highest BCUT2D eigenvalue weighted by atomic mass is 32.2. The fraction of sp³-hybridized carbons (Fsp3) is 0.316. The van der Waals surface area contributed by atoms with Gasteiger partial charge in [-0.15, -0.1) is 0 Å². The van der Waals surface area contributed by atoms with E-state index in [1.165, 1.54) is 12.1 Å². The van der Waals surface area contributed by atoms with E-state index in [9.17, 15) is 13.2 Å². The molecule has 0 radical (unpaired) electrons. The summed E-state index contributed by atoms with van der Waals surface area (Å²) in [6.07, 6.45) is 0.669. The Bertz CT molecular complexity index is 851. The average molecular weight is 392 g/mol. The molecule has 0 aliphatic carbocycles. The molecule has 0 bridgehead atoms. The second-order valence-corrected chi connectivity index (χ2v) is 7.34. The number of benzene rings is 2. The highest BCUT2D eigenvalue weighted by molar-refractivity contribution is 7.92. The van der Waals surface area contributed by atoms with Gasteiger partial charge in [-0.3, -0.25) is 9.52 Å². The van der Waals surface area contributed by atoms with Crippen LogP contribution in [0.4, 0.5) is 5.69 Å². The maximum atomic E-state index is 12.6. The molecule has 0 saturated carbocycles. The van der Waals surface area contributed by atoms with Gasteiger partial charge in [0.25, 0.3) is 15.9 Å². The number of rotatable bonds is 10. The molecule has 7 nitrogen and oxygen atoms in total. The lowest BCUT2D eigenvalue weighted by molar-refractivity contribution is 0.0949. The van der Waals surface area contributed by atoms with E-state index in [1.807, 2.05) is 6.92 Å². The number of hydrogen-bond donors (Lipinski definition) is 2. The fourth-order valence-corrected chi connectivity index (χ4v) is 3.45. The lowest BCUT2D eigenvalue weighted by Gasteiger charge is -2.13. The zero-order chi connectivity index (χ0) is 19.7. The van der Waals surface area contributed by atoms with Gasteiger partial charge in [-0.2, -0.15) is 0 Å². The molecule has 8 heteroatoms. The largest absolute Gasteiger partial charge is 0.494 e. The second kappa shape index (κ2) is 9.94. The summed E-state index contributed by atoms with van der Waals surface area (Å²) < 4.78 is 38.0. The van der Waals surface area contributed by atoms with Crippen LogP contribution in [0.5, 0.6) is 5.75 Å². The molecule has 0 aromatic heterocycles. The second-order valence-electron chi connectivity index (χ2n) is 5.66. The Morgan fingerprint density at radius 2 is 1.78 bits per heavy atom. The summed E-state index contributed by atoms with van der Waals surface area (Å²) in [7, 11) is -2.25. The minimum absolute atomic E-state index is 0.0845. The van der Waals surface area contributed by atoms with Gasteiger partial charge in [0.05, 0.1) is 22.8 Å². The summed E-state index contributed by atoms with van der Waals surface area (Å²) in [5.41, 5.74) is 0.472. The Morgan fingerprint density at radius 3 is 2.44 bits per heavy atom. The normalized spacial score (nSPS) is 11.0. The maximum Gasteiger partial charge on any atom is 0.261 e. The molecule has 0 spiro atoms. The molecule has 0 aliphatic rings. The van der Waals surface area contributed by atoms with Gasteiger partial charge in [-0.05, 0) is 49.7 Å². The molecule has 0 saturated heterocycles. The lowest BCUT2D eigenvalue weighted by atomic mass is 10.1. The van der Waals surface area contributed by atoms with Crippen molar-refractivity contribution in [1.82, 2.24) is 5.32 Å². The van der Waals surface area contributed by atoms with Crippen molar-refractivity contribution in [3.05, 3.63) is 54.1 Å². The van der Waals surface area contributed by atoms with E-state index in [-0.39, 0.29) is 22.1 Å². The number of carbonyl (C=O) groups excluding carboxylic acids is 1. The van der Waals surface area contributed by atoms with E-state index in [1.54, 1.807) is 43.5 Å². The summed E-state index contributed by atoms with van der Waals surface area (Å²) in [4.78, 5) is 12.4. The van der Waals surface area contributed by atoms with Crippen LogP contribution in [0.15, 0.2) is 53.4 Å². The van der Waals surface area contributed by atoms with Crippen molar-refractivity contribution in [2.75, 3.05) is 31.6 Å². The minimum atomic E-state index is -3.84. The van der Waals surface area contributed by atoms with E-state index < -0.39 is 10.0 Å². The summed E-state index contributed by atoms with van der Waals surface area (Å²) >= 11 is 0. The van der Waals surface area contributed by atoms with Crippen LogP contribution in [0, 0.1) is 0 Å². The third-order valence-corrected chi connectivity index (χ3v) is 5.05. The molecule has 2 aromatic rings. The molecule has 0 unspecified atom stereocenters. The van der Waals surface area contributed by atoms with Crippen LogP contribution in [0.1, 0.15) is 23.7 Å². The highest BCUT2D eigenvalue weighted by Gasteiger charge is 2.18. The number of anilines is 1. The monoisotopic (exact) mass is 392 g/mol.